The first-order valence-electron chi connectivity index (χ1n) is 5.29. The molecule has 0 aliphatic rings. The molecule has 1 rings (SSSR count). The van der Waals surface area contributed by atoms with Crippen LogP contribution in [0.15, 0.2) is 23.1 Å². The van der Waals surface area contributed by atoms with Gasteiger partial charge in [0.15, 0.2) is 0 Å². The van der Waals surface area contributed by atoms with Crippen molar-refractivity contribution in [2.24, 2.45) is 5.14 Å². The molecule has 0 aromatic heterocycles. The molecule has 0 radical (unpaired) electrons. The van der Waals surface area contributed by atoms with Crippen LogP contribution in [0.2, 0.25) is 0 Å². The molecule has 3 N–H and O–H groups in total. The van der Waals surface area contributed by atoms with Crippen LogP contribution in [-0.4, -0.2) is 41.3 Å². The first kappa shape index (κ1) is 16.5. The Morgan fingerprint density at radius 3 is 2.40 bits per heavy atom. The Hall–Kier alpha value is -1.52. The number of hydrogen-bond donors (Lipinski definition) is 2. The van der Waals surface area contributed by atoms with Crippen LogP contribution < -0.4 is 10.5 Å². The average Bonchev–Trinajstić information content (AvgIpc) is 2.25. The van der Waals surface area contributed by atoms with Crippen LogP contribution in [0.1, 0.15) is 10.4 Å². The second kappa shape index (κ2) is 5.85. The maximum absolute atomic E-state index is 13.5. The second-order valence-electron chi connectivity index (χ2n) is 4.07. The molecule has 0 heterocycles. The summed E-state index contributed by atoms with van der Waals surface area (Å²) in [4.78, 5) is 11.2. The Morgan fingerprint density at radius 1 is 1.30 bits per heavy atom. The average molecular weight is 324 g/mol. The number of nitrogens with two attached hydrogens (primary N) is 1. The van der Waals surface area contributed by atoms with Crippen LogP contribution in [0.5, 0.6) is 0 Å². The van der Waals surface area contributed by atoms with Crippen molar-refractivity contribution in [3.05, 3.63) is 29.6 Å². The Bertz CT molecular complexity index is 728. The maximum Gasteiger partial charge on any atom is 0.254 e. The first-order valence-corrected chi connectivity index (χ1v) is 8.89. The predicted molar refractivity (Wildman–Crippen MR) is 69.8 cm³/mol. The second-order valence-corrected chi connectivity index (χ2v) is 7.89. The van der Waals surface area contributed by atoms with E-state index in [1.54, 1.807) is 0 Å². The van der Waals surface area contributed by atoms with Crippen LogP contribution in [0.25, 0.3) is 0 Å². The fourth-order valence-electron chi connectivity index (χ4n) is 1.30. The van der Waals surface area contributed by atoms with Crippen molar-refractivity contribution in [1.29, 1.82) is 0 Å². The van der Waals surface area contributed by atoms with E-state index in [0.29, 0.717) is 0 Å². The normalized spacial score (nSPS) is 12.2. The van der Waals surface area contributed by atoms with Gasteiger partial charge >= 0.3 is 0 Å². The highest BCUT2D eigenvalue weighted by atomic mass is 32.2. The van der Waals surface area contributed by atoms with Gasteiger partial charge < -0.3 is 5.32 Å². The highest BCUT2D eigenvalue weighted by Crippen LogP contribution is 2.13. The number of amides is 1. The summed E-state index contributed by atoms with van der Waals surface area (Å²) >= 11 is 0. The molecule has 112 valence electrons. The van der Waals surface area contributed by atoms with Crippen molar-refractivity contribution in [3.63, 3.8) is 0 Å². The van der Waals surface area contributed by atoms with Crippen LogP contribution in [-0.2, 0) is 19.9 Å². The van der Waals surface area contributed by atoms with Gasteiger partial charge in [0, 0.05) is 12.8 Å². The van der Waals surface area contributed by atoms with Crippen molar-refractivity contribution in [2.45, 2.75) is 4.90 Å². The van der Waals surface area contributed by atoms with Crippen molar-refractivity contribution in [3.8, 4) is 0 Å². The van der Waals surface area contributed by atoms with Crippen LogP contribution in [0.3, 0.4) is 0 Å². The molecule has 1 aromatic rings. The number of rotatable bonds is 5. The quantitative estimate of drug-likeness (QED) is 0.737. The van der Waals surface area contributed by atoms with Gasteiger partial charge in [-0.05, 0) is 18.2 Å². The summed E-state index contributed by atoms with van der Waals surface area (Å²) in [6.45, 7) is -0.212. The fraction of sp³-hybridized carbons (Fsp3) is 0.300. The van der Waals surface area contributed by atoms with Crippen molar-refractivity contribution >= 4 is 25.8 Å². The molecule has 10 heteroatoms. The van der Waals surface area contributed by atoms with Crippen molar-refractivity contribution in [1.82, 2.24) is 5.32 Å². The summed E-state index contributed by atoms with van der Waals surface area (Å²) in [5, 5.41) is 7.05. The SMILES string of the molecule is CS(=O)(=O)CCNC(=O)c1cc(S(N)(=O)=O)ccc1F. The lowest BCUT2D eigenvalue weighted by molar-refractivity contribution is 0.0952. The summed E-state index contributed by atoms with van der Waals surface area (Å²) in [6.07, 6.45) is 0.987. The summed E-state index contributed by atoms with van der Waals surface area (Å²) in [6, 6.07) is 2.52. The van der Waals surface area contributed by atoms with E-state index < -0.39 is 42.0 Å². The van der Waals surface area contributed by atoms with Gasteiger partial charge in [-0.25, -0.2) is 26.4 Å². The molecule has 0 bridgehead atoms. The lowest BCUT2D eigenvalue weighted by Crippen LogP contribution is -2.29. The van der Waals surface area contributed by atoms with Crippen molar-refractivity contribution < 1.29 is 26.0 Å². The van der Waals surface area contributed by atoms with Gasteiger partial charge in [-0.3, -0.25) is 4.79 Å². The van der Waals surface area contributed by atoms with Gasteiger partial charge in [-0.1, -0.05) is 0 Å². The summed E-state index contributed by atoms with van der Waals surface area (Å²) in [5.41, 5.74) is -0.523. The summed E-state index contributed by atoms with van der Waals surface area (Å²) < 4.78 is 57.4. The van der Waals surface area contributed by atoms with Gasteiger partial charge in [-0.2, -0.15) is 0 Å². The number of benzene rings is 1. The number of sulfonamides is 1. The first-order chi connectivity index (χ1) is 9.00. The molecule has 20 heavy (non-hydrogen) atoms. The maximum atomic E-state index is 13.5. The molecule has 1 aromatic carbocycles. The molecule has 0 spiro atoms. The third-order valence-corrected chi connectivity index (χ3v) is 4.13. The van der Waals surface area contributed by atoms with E-state index >= 15 is 0 Å². The van der Waals surface area contributed by atoms with Gasteiger partial charge in [0.25, 0.3) is 5.91 Å². The van der Waals surface area contributed by atoms with Gasteiger partial charge in [0.1, 0.15) is 15.7 Å². The molecule has 0 saturated carbocycles. The highest BCUT2D eigenvalue weighted by molar-refractivity contribution is 7.90. The molecule has 0 atom stereocenters. The van der Waals surface area contributed by atoms with Gasteiger partial charge in [0.2, 0.25) is 10.0 Å². The highest BCUT2D eigenvalue weighted by Gasteiger charge is 2.16. The zero-order valence-electron chi connectivity index (χ0n) is 10.5. The molecule has 0 fully saturated rings. The molecule has 0 aliphatic carbocycles. The van der Waals surface area contributed by atoms with E-state index in [9.17, 15) is 26.0 Å². The predicted octanol–water partition coefficient (Wildman–Crippen LogP) is -0.752. The zero-order valence-corrected chi connectivity index (χ0v) is 12.1. The Balaban J connectivity index is 2.93. The standard InChI is InChI=1S/C10H13FN2O5S2/c1-19(15,16)5-4-13-10(14)8-6-7(20(12,17)18)2-3-9(8)11/h2-3,6H,4-5H2,1H3,(H,13,14)(H2,12,17,18). The third kappa shape index (κ3) is 4.87. The Kier molecular flexibility index (Phi) is 4.84. The van der Waals surface area contributed by atoms with Crippen LogP contribution >= 0.6 is 0 Å². The smallest absolute Gasteiger partial charge is 0.254 e. The molecule has 0 unspecified atom stereocenters. The number of carbonyl (C=O) groups excluding carboxylic acids is 1. The van der Waals surface area contributed by atoms with E-state index in [-0.39, 0.29) is 12.3 Å². The van der Waals surface area contributed by atoms with E-state index in [1.165, 1.54) is 0 Å². The minimum Gasteiger partial charge on any atom is -0.351 e. The van der Waals surface area contributed by atoms with Gasteiger partial charge in [0.05, 0.1) is 16.2 Å². The van der Waals surface area contributed by atoms with E-state index in [4.69, 9.17) is 5.14 Å². The molecular weight excluding hydrogens is 311 g/mol. The lowest BCUT2D eigenvalue weighted by Gasteiger charge is -2.07. The number of primary sulfonamides is 1. The molecular formula is C10H13FN2O5S2. The van der Waals surface area contributed by atoms with E-state index in [2.05, 4.69) is 5.32 Å². The number of nitrogens with one attached hydrogen (secondary N) is 1. The third-order valence-electron chi connectivity index (χ3n) is 2.27. The van der Waals surface area contributed by atoms with Gasteiger partial charge in [-0.15, -0.1) is 0 Å². The summed E-state index contributed by atoms with van der Waals surface area (Å²) in [5.74, 6) is -2.17. The van der Waals surface area contributed by atoms with E-state index in [1.807, 2.05) is 0 Å². The van der Waals surface area contributed by atoms with E-state index in [0.717, 1.165) is 24.5 Å². The Morgan fingerprint density at radius 2 is 1.90 bits per heavy atom. The minimum absolute atomic E-state index is 0.212. The summed E-state index contributed by atoms with van der Waals surface area (Å²) in [7, 11) is -7.33. The monoisotopic (exact) mass is 324 g/mol. The topological polar surface area (TPSA) is 123 Å². The molecule has 0 aliphatic heterocycles. The molecule has 0 saturated heterocycles. The molecule has 7 nitrogen and oxygen atoms in total. The Labute approximate surface area is 115 Å². The lowest BCUT2D eigenvalue weighted by atomic mass is 10.2. The fourth-order valence-corrected chi connectivity index (χ4v) is 2.31. The van der Waals surface area contributed by atoms with Crippen LogP contribution in [0.4, 0.5) is 4.39 Å². The zero-order chi connectivity index (χ0) is 15.6. The molecule has 1 amide bonds. The van der Waals surface area contributed by atoms with Crippen molar-refractivity contribution in [2.75, 3.05) is 18.6 Å². The number of halogens is 1. The number of hydrogen-bond acceptors (Lipinski definition) is 5. The number of sulfone groups is 1. The number of carbonyl (C=O) groups is 1. The van der Waals surface area contributed by atoms with Crippen LogP contribution in [0, 0.1) is 5.82 Å². The minimum atomic E-state index is -4.06. The largest absolute Gasteiger partial charge is 0.351 e.